The highest BCUT2D eigenvalue weighted by Crippen LogP contribution is 2.24. The van der Waals surface area contributed by atoms with Crippen LogP contribution < -0.4 is 4.90 Å². The van der Waals surface area contributed by atoms with Crippen LogP contribution in [-0.2, 0) is 9.53 Å². The van der Waals surface area contributed by atoms with E-state index < -0.39 is 17.7 Å². The molecular weight excluding hydrogens is 369 g/mol. The predicted molar refractivity (Wildman–Crippen MR) is 102 cm³/mol. The lowest BCUT2D eigenvalue weighted by Gasteiger charge is -2.21. The molecule has 3 rings (SSSR count). The summed E-state index contributed by atoms with van der Waals surface area (Å²) in [6.45, 7) is 1.60. The van der Waals surface area contributed by atoms with Crippen LogP contribution in [0.15, 0.2) is 53.8 Å². The van der Waals surface area contributed by atoms with Crippen molar-refractivity contribution < 1.29 is 18.7 Å². The number of pyridine rings is 1. The molecule has 0 bridgehead atoms. The van der Waals surface area contributed by atoms with Crippen LogP contribution in [0.2, 0.25) is 0 Å². The van der Waals surface area contributed by atoms with E-state index in [1.807, 2.05) is 29.0 Å². The molecule has 0 saturated heterocycles. The van der Waals surface area contributed by atoms with Crippen molar-refractivity contribution in [2.45, 2.75) is 12.1 Å². The van der Waals surface area contributed by atoms with Crippen molar-refractivity contribution in [3.05, 3.63) is 60.2 Å². The number of aromatic nitrogens is 2. The number of carbonyl (C=O) groups is 2. The zero-order valence-corrected chi connectivity index (χ0v) is 15.7. The van der Waals surface area contributed by atoms with Crippen LogP contribution in [0.3, 0.4) is 0 Å². The van der Waals surface area contributed by atoms with Gasteiger partial charge in [0.2, 0.25) is 0 Å². The van der Waals surface area contributed by atoms with Crippen molar-refractivity contribution in [1.29, 1.82) is 0 Å². The fourth-order valence-corrected chi connectivity index (χ4v) is 3.21. The Hall–Kier alpha value is -2.87. The highest BCUT2D eigenvalue weighted by Gasteiger charge is 2.26. The average molecular weight is 387 g/mol. The molecule has 6 nitrogen and oxygen atoms in total. The first-order chi connectivity index (χ1) is 13.0. The van der Waals surface area contributed by atoms with Gasteiger partial charge in [0.05, 0.1) is 12.1 Å². The number of imidazole rings is 1. The Morgan fingerprint density at radius 3 is 2.63 bits per heavy atom. The van der Waals surface area contributed by atoms with Gasteiger partial charge in [-0.25, -0.2) is 9.37 Å². The second kappa shape index (κ2) is 8.22. The second-order valence-electron chi connectivity index (χ2n) is 5.58. The van der Waals surface area contributed by atoms with Crippen LogP contribution in [0.25, 0.3) is 5.52 Å². The average Bonchev–Trinajstić information content (AvgIpc) is 3.05. The Morgan fingerprint density at radius 2 is 1.96 bits per heavy atom. The first-order valence-corrected chi connectivity index (χ1v) is 9.51. The van der Waals surface area contributed by atoms with E-state index in [2.05, 4.69) is 4.98 Å². The van der Waals surface area contributed by atoms with E-state index >= 15 is 0 Å². The zero-order valence-electron chi connectivity index (χ0n) is 14.9. The minimum Gasteiger partial charge on any atom is -0.465 e. The molecule has 0 atom stereocenters. The highest BCUT2D eigenvalue weighted by atomic mass is 32.2. The molecule has 8 heteroatoms. The fourth-order valence-electron chi connectivity index (χ4n) is 2.68. The van der Waals surface area contributed by atoms with Gasteiger partial charge in [-0.05, 0) is 49.6 Å². The van der Waals surface area contributed by atoms with Gasteiger partial charge in [0, 0.05) is 11.9 Å². The maximum atomic E-state index is 13.3. The number of carbonyl (C=O) groups excluding carboxylic acids is 2. The molecule has 27 heavy (non-hydrogen) atoms. The maximum absolute atomic E-state index is 13.3. The largest absolute Gasteiger partial charge is 0.465 e. The second-order valence-corrected chi connectivity index (χ2v) is 6.35. The van der Waals surface area contributed by atoms with Gasteiger partial charge in [-0.3, -0.25) is 18.9 Å². The lowest BCUT2D eigenvalue weighted by atomic mass is 10.2. The molecule has 1 aromatic carbocycles. The van der Waals surface area contributed by atoms with Gasteiger partial charge in [0.15, 0.2) is 10.9 Å². The molecule has 0 fully saturated rings. The van der Waals surface area contributed by atoms with E-state index in [1.54, 1.807) is 13.0 Å². The number of benzene rings is 1. The number of rotatable bonds is 6. The van der Waals surface area contributed by atoms with Crippen molar-refractivity contribution in [1.82, 2.24) is 9.38 Å². The topological polar surface area (TPSA) is 63.9 Å². The van der Waals surface area contributed by atoms with Gasteiger partial charge in [0.25, 0.3) is 5.91 Å². The Kier molecular flexibility index (Phi) is 5.75. The molecule has 0 aliphatic carbocycles. The van der Waals surface area contributed by atoms with Crippen molar-refractivity contribution in [2.24, 2.45) is 0 Å². The summed E-state index contributed by atoms with van der Waals surface area (Å²) in [5, 5.41) is 0.657. The number of anilines is 1. The highest BCUT2D eigenvalue weighted by molar-refractivity contribution is 7.98. The summed E-state index contributed by atoms with van der Waals surface area (Å²) < 4.78 is 20.1. The number of amides is 1. The van der Waals surface area contributed by atoms with Crippen LogP contribution in [0, 0.1) is 5.82 Å². The van der Waals surface area contributed by atoms with Gasteiger partial charge < -0.3 is 4.74 Å². The van der Waals surface area contributed by atoms with Gasteiger partial charge in [-0.1, -0.05) is 17.8 Å². The first-order valence-electron chi connectivity index (χ1n) is 8.29. The number of fused-ring (bicyclic) bond motifs is 1. The third-order valence-corrected chi connectivity index (χ3v) is 4.53. The number of hydrogen-bond donors (Lipinski definition) is 0. The molecule has 0 N–H and O–H groups in total. The van der Waals surface area contributed by atoms with Gasteiger partial charge >= 0.3 is 5.97 Å². The normalized spacial score (nSPS) is 10.8. The monoisotopic (exact) mass is 387 g/mol. The summed E-state index contributed by atoms with van der Waals surface area (Å²) in [5.41, 5.74) is 1.23. The summed E-state index contributed by atoms with van der Waals surface area (Å²) >= 11 is 1.41. The van der Waals surface area contributed by atoms with Crippen LogP contribution in [0.5, 0.6) is 0 Å². The predicted octanol–water partition coefficient (Wildman–Crippen LogP) is 3.41. The summed E-state index contributed by atoms with van der Waals surface area (Å²) in [4.78, 5) is 31.0. The van der Waals surface area contributed by atoms with E-state index in [1.165, 1.54) is 40.9 Å². The molecule has 3 aromatic rings. The molecule has 2 heterocycles. The molecule has 0 unspecified atom stereocenters. The quantitative estimate of drug-likeness (QED) is 0.479. The molecule has 1 amide bonds. The van der Waals surface area contributed by atoms with Crippen molar-refractivity contribution in [2.75, 3.05) is 24.3 Å². The lowest BCUT2D eigenvalue weighted by molar-refractivity contribution is -0.141. The molecule has 2 aromatic heterocycles. The smallest absolute Gasteiger partial charge is 0.326 e. The van der Waals surface area contributed by atoms with E-state index in [0.717, 1.165) is 0 Å². The molecule has 0 radical (unpaired) electrons. The third-order valence-electron chi connectivity index (χ3n) is 3.88. The number of nitrogens with zero attached hydrogens (tertiary/aromatic N) is 3. The molecule has 140 valence electrons. The Morgan fingerprint density at radius 1 is 1.22 bits per heavy atom. The minimum absolute atomic E-state index is 0.203. The number of hydrogen-bond acceptors (Lipinski definition) is 5. The molecule has 0 saturated carbocycles. The minimum atomic E-state index is -0.552. The van der Waals surface area contributed by atoms with E-state index in [9.17, 15) is 14.0 Å². The molecule has 0 aliphatic heterocycles. The van der Waals surface area contributed by atoms with Crippen LogP contribution >= 0.6 is 11.8 Å². The van der Waals surface area contributed by atoms with Crippen molar-refractivity contribution >= 4 is 34.8 Å². The summed E-state index contributed by atoms with van der Waals surface area (Å²) in [6, 6.07) is 10.8. The van der Waals surface area contributed by atoms with Crippen molar-refractivity contribution in [3.8, 4) is 0 Å². The number of thioether (sulfide) groups is 1. The third kappa shape index (κ3) is 3.95. The van der Waals surface area contributed by atoms with Crippen LogP contribution in [0.4, 0.5) is 10.1 Å². The van der Waals surface area contributed by atoms with Crippen LogP contribution in [-0.4, -0.2) is 40.7 Å². The Bertz CT molecular complexity index is 972. The van der Waals surface area contributed by atoms with Gasteiger partial charge in [-0.2, -0.15) is 0 Å². The molecule has 0 spiro atoms. The van der Waals surface area contributed by atoms with Gasteiger partial charge in [0.1, 0.15) is 12.4 Å². The lowest BCUT2D eigenvalue weighted by Crippen LogP contribution is -2.37. The first kappa shape index (κ1) is 18.9. The molecule has 0 aliphatic rings. The van der Waals surface area contributed by atoms with Crippen molar-refractivity contribution in [3.63, 3.8) is 0 Å². The SMILES string of the molecule is CCOC(=O)CN(C(=O)c1nc(SC)n2ccccc12)c1ccc(F)cc1. The molecular formula is C19H18FN3O3S. The summed E-state index contributed by atoms with van der Waals surface area (Å²) in [5.74, 6) is -1.44. The van der Waals surface area contributed by atoms with E-state index in [4.69, 9.17) is 4.74 Å². The Balaban J connectivity index is 2.05. The number of esters is 1. The number of ether oxygens (including phenoxy) is 1. The van der Waals surface area contributed by atoms with E-state index in [-0.39, 0.29) is 18.8 Å². The zero-order chi connectivity index (χ0) is 19.4. The van der Waals surface area contributed by atoms with Crippen LogP contribution in [0.1, 0.15) is 17.4 Å². The standard InChI is InChI=1S/C19H18FN3O3S/c1-3-26-16(24)12-23(14-9-7-13(20)8-10-14)18(25)17-15-6-4-5-11-22(15)19(21-17)27-2/h4-11H,3,12H2,1-2H3. The number of halogens is 1. The van der Waals surface area contributed by atoms with E-state index in [0.29, 0.717) is 16.4 Å². The summed E-state index contributed by atoms with van der Waals surface area (Å²) in [6.07, 6.45) is 3.69. The maximum Gasteiger partial charge on any atom is 0.326 e. The van der Waals surface area contributed by atoms with Gasteiger partial charge in [-0.15, -0.1) is 0 Å². The Labute approximate surface area is 160 Å². The summed E-state index contributed by atoms with van der Waals surface area (Å²) in [7, 11) is 0. The fraction of sp³-hybridized carbons (Fsp3) is 0.211.